The summed E-state index contributed by atoms with van der Waals surface area (Å²) >= 11 is 12.1. The van der Waals surface area contributed by atoms with E-state index in [9.17, 15) is 14.4 Å². The van der Waals surface area contributed by atoms with Gasteiger partial charge in [-0.15, -0.1) is 0 Å². The lowest BCUT2D eigenvalue weighted by Crippen LogP contribution is -2.60. The molecule has 0 aromatic heterocycles. The highest BCUT2D eigenvalue weighted by Gasteiger charge is 2.54. The van der Waals surface area contributed by atoms with Gasteiger partial charge >= 0.3 is 0 Å². The summed E-state index contributed by atoms with van der Waals surface area (Å²) in [5.74, 6) is -0.747. The maximum absolute atomic E-state index is 13.6. The topological polar surface area (TPSA) is 88.2 Å². The smallest absolute Gasteiger partial charge is 0.256 e. The monoisotopic (exact) mass is 519 g/mol. The molecule has 186 valence electrons. The molecule has 0 saturated carbocycles. The quantitative estimate of drug-likeness (QED) is 0.592. The summed E-state index contributed by atoms with van der Waals surface area (Å²) in [5, 5.41) is 3.51. The highest BCUT2D eigenvalue weighted by atomic mass is 35.5. The fraction of sp³-hybridized carbons (Fsp3) is 0.400. The number of piperidine rings is 1. The number of amides is 3. The first-order valence-electron chi connectivity index (χ1n) is 11.4. The molecular formula is C25H27Cl2N3O5. The molecule has 2 aromatic carbocycles. The predicted molar refractivity (Wildman–Crippen MR) is 132 cm³/mol. The number of methoxy groups -OCH3 is 1. The number of rotatable bonds is 6. The molecule has 0 aliphatic carbocycles. The number of benzene rings is 2. The summed E-state index contributed by atoms with van der Waals surface area (Å²) in [4.78, 5) is 42.9. The molecule has 2 aromatic rings. The molecule has 0 unspecified atom stereocenters. The third-order valence-corrected chi connectivity index (χ3v) is 7.15. The average Bonchev–Trinajstić information content (AvgIpc) is 3.24. The zero-order valence-corrected chi connectivity index (χ0v) is 20.8. The van der Waals surface area contributed by atoms with Gasteiger partial charge in [0, 0.05) is 50.7 Å². The molecule has 2 saturated heterocycles. The molecule has 2 aliphatic heterocycles. The van der Waals surface area contributed by atoms with Crippen molar-refractivity contribution in [2.45, 2.75) is 24.6 Å². The molecule has 4 rings (SSSR count). The van der Waals surface area contributed by atoms with Crippen LogP contribution in [0.2, 0.25) is 10.0 Å². The van der Waals surface area contributed by atoms with Crippen molar-refractivity contribution in [3.8, 4) is 0 Å². The third kappa shape index (κ3) is 5.30. The highest BCUT2D eigenvalue weighted by Crippen LogP contribution is 2.39. The summed E-state index contributed by atoms with van der Waals surface area (Å²) in [7, 11) is 1.55. The zero-order chi connectivity index (χ0) is 25.0. The Morgan fingerprint density at radius 1 is 1.03 bits per heavy atom. The van der Waals surface area contributed by atoms with E-state index in [1.807, 2.05) is 6.07 Å². The number of nitrogens with one attached hydrogen (secondary N) is 1. The molecule has 2 aliphatic rings. The van der Waals surface area contributed by atoms with Gasteiger partial charge in [0.15, 0.2) is 0 Å². The van der Waals surface area contributed by atoms with E-state index in [2.05, 4.69) is 5.32 Å². The Balaban J connectivity index is 1.54. The average molecular weight is 520 g/mol. The third-order valence-electron chi connectivity index (χ3n) is 6.41. The van der Waals surface area contributed by atoms with Gasteiger partial charge in [-0.2, -0.15) is 0 Å². The van der Waals surface area contributed by atoms with Gasteiger partial charge in [0.2, 0.25) is 5.91 Å². The number of halogens is 2. The van der Waals surface area contributed by atoms with Gasteiger partial charge in [-0.1, -0.05) is 41.4 Å². The summed E-state index contributed by atoms with van der Waals surface area (Å²) in [6, 6.07) is 12.8. The lowest BCUT2D eigenvalue weighted by atomic mass is 9.96. The van der Waals surface area contributed by atoms with Crippen molar-refractivity contribution in [3.63, 3.8) is 0 Å². The van der Waals surface area contributed by atoms with Crippen LogP contribution >= 0.6 is 23.2 Å². The first-order chi connectivity index (χ1) is 16.9. The van der Waals surface area contributed by atoms with Crippen molar-refractivity contribution in [1.82, 2.24) is 15.1 Å². The number of nitrogens with zero attached hydrogens (tertiary/aromatic N) is 2. The Morgan fingerprint density at radius 3 is 2.40 bits per heavy atom. The number of ether oxygens (including phenoxy) is 2. The highest BCUT2D eigenvalue weighted by molar-refractivity contribution is 6.42. The van der Waals surface area contributed by atoms with Crippen LogP contribution in [0.3, 0.4) is 0 Å². The van der Waals surface area contributed by atoms with Crippen LogP contribution in [0.15, 0.2) is 48.5 Å². The van der Waals surface area contributed by atoms with E-state index < -0.39 is 11.8 Å². The van der Waals surface area contributed by atoms with Crippen LogP contribution in [0.5, 0.6) is 0 Å². The van der Waals surface area contributed by atoms with E-state index in [-0.39, 0.29) is 24.3 Å². The fourth-order valence-electron chi connectivity index (χ4n) is 4.55. The van der Waals surface area contributed by atoms with Crippen LogP contribution in [-0.4, -0.2) is 79.2 Å². The molecule has 1 spiro atoms. The second-order valence-electron chi connectivity index (χ2n) is 8.52. The predicted octanol–water partition coefficient (Wildman–Crippen LogP) is 3.23. The molecule has 8 nitrogen and oxygen atoms in total. The Bertz CT molecular complexity index is 1090. The van der Waals surface area contributed by atoms with E-state index in [1.165, 1.54) is 0 Å². The molecule has 35 heavy (non-hydrogen) atoms. The molecule has 0 radical (unpaired) electrons. The van der Waals surface area contributed by atoms with Crippen molar-refractivity contribution >= 4 is 40.9 Å². The normalized spacial score (nSPS) is 19.1. The van der Waals surface area contributed by atoms with Crippen molar-refractivity contribution in [3.05, 3.63) is 69.7 Å². The number of carbonyl (C=O) groups excluding carboxylic acids is 3. The minimum atomic E-state index is -0.982. The van der Waals surface area contributed by atoms with Crippen LogP contribution in [0.4, 0.5) is 0 Å². The summed E-state index contributed by atoms with van der Waals surface area (Å²) < 4.78 is 11.2. The van der Waals surface area contributed by atoms with E-state index in [0.29, 0.717) is 60.3 Å². The molecule has 3 amide bonds. The zero-order valence-electron chi connectivity index (χ0n) is 19.3. The Morgan fingerprint density at radius 2 is 1.74 bits per heavy atom. The van der Waals surface area contributed by atoms with Crippen LogP contribution in [0.1, 0.15) is 33.6 Å². The van der Waals surface area contributed by atoms with Crippen LogP contribution in [0, 0.1) is 0 Å². The Labute approximate surface area is 214 Å². The number of likely N-dealkylation sites (tertiary alicyclic amines) is 1. The maximum Gasteiger partial charge on any atom is 0.256 e. The van der Waals surface area contributed by atoms with E-state index in [1.54, 1.807) is 59.4 Å². The first-order valence-corrected chi connectivity index (χ1v) is 12.2. The van der Waals surface area contributed by atoms with Gasteiger partial charge in [-0.05, 0) is 30.3 Å². The minimum Gasteiger partial charge on any atom is -0.383 e. The number of hydrogen-bond acceptors (Lipinski definition) is 5. The Kier molecular flexibility index (Phi) is 7.96. The van der Waals surface area contributed by atoms with Gasteiger partial charge < -0.3 is 19.7 Å². The summed E-state index contributed by atoms with van der Waals surface area (Å²) in [5.41, 5.74) is -0.0679. The molecule has 2 fully saturated rings. The fourth-order valence-corrected chi connectivity index (χ4v) is 4.85. The van der Waals surface area contributed by atoms with E-state index >= 15 is 0 Å². The van der Waals surface area contributed by atoms with Gasteiger partial charge in [0.05, 0.1) is 23.3 Å². The number of carbonyl (C=O) groups is 3. The van der Waals surface area contributed by atoms with Crippen LogP contribution in [-0.2, 0) is 14.3 Å². The van der Waals surface area contributed by atoms with E-state index in [0.717, 1.165) is 0 Å². The summed E-state index contributed by atoms with van der Waals surface area (Å²) in [6.07, 6.45) is 0.751. The van der Waals surface area contributed by atoms with Gasteiger partial charge in [0.25, 0.3) is 11.8 Å². The first kappa shape index (κ1) is 25.4. The van der Waals surface area contributed by atoms with Crippen LogP contribution in [0.25, 0.3) is 0 Å². The van der Waals surface area contributed by atoms with E-state index in [4.69, 9.17) is 32.7 Å². The molecule has 2 heterocycles. The van der Waals surface area contributed by atoms with Gasteiger partial charge in [-0.25, -0.2) is 0 Å². The molecule has 1 atom stereocenters. The minimum absolute atomic E-state index is 0.0815. The van der Waals surface area contributed by atoms with Crippen molar-refractivity contribution < 1.29 is 23.9 Å². The van der Waals surface area contributed by atoms with Gasteiger partial charge in [0.1, 0.15) is 11.8 Å². The van der Waals surface area contributed by atoms with Crippen molar-refractivity contribution in [1.29, 1.82) is 0 Å². The van der Waals surface area contributed by atoms with Crippen molar-refractivity contribution in [2.24, 2.45) is 0 Å². The molecule has 0 bridgehead atoms. The lowest BCUT2D eigenvalue weighted by molar-refractivity contribution is -0.128. The second kappa shape index (κ2) is 11.0. The number of hydrogen-bond donors (Lipinski definition) is 1. The standard InChI is InChI=1S/C25H27Cl2N3O5/c1-34-14-11-28-22(31)21-16-35-25(30(21)24(33)17-5-3-2-4-6-17)9-12-29(13-10-25)23(32)18-7-8-19(26)20(27)15-18/h2-8,15,21H,9-14,16H2,1H3,(H,28,31)/t21-/m1/s1. The van der Waals surface area contributed by atoms with Gasteiger partial charge in [-0.3, -0.25) is 19.3 Å². The molecular weight excluding hydrogens is 493 g/mol. The lowest BCUT2D eigenvalue weighted by Gasteiger charge is -2.44. The summed E-state index contributed by atoms with van der Waals surface area (Å²) in [6.45, 7) is 1.49. The van der Waals surface area contributed by atoms with Crippen LogP contribution < -0.4 is 5.32 Å². The molecule has 1 N–H and O–H groups in total. The maximum atomic E-state index is 13.6. The molecule has 10 heteroatoms. The van der Waals surface area contributed by atoms with Crippen molar-refractivity contribution in [2.75, 3.05) is 40.0 Å². The largest absolute Gasteiger partial charge is 0.383 e. The second-order valence-corrected chi connectivity index (χ2v) is 9.33. The SMILES string of the molecule is COCCNC(=O)[C@H]1COC2(CCN(C(=O)c3ccc(Cl)c(Cl)c3)CC2)N1C(=O)c1ccccc1. The Hall–Kier alpha value is -2.65.